The third kappa shape index (κ3) is 19.6. The van der Waals surface area contributed by atoms with Gasteiger partial charge in [-0.05, 0) is 99.5 Å². The fraction of sp³-hybridized carbons (Fsp3) is 0. The minimum absolute atomic E-state index is 0. The van der Waals surface area contributed by atoms with Gasteiger partial charge in [0.1, 0.15) is 0 Å². The first-order valence-corrected chi connectivity index (χ1v) is 32.4. The van der Waals surface area contributed by atoms with Crippen molar-refractivity contribution in [3.63, 3.8) is 0 Å². The van der Waals surface area contributed by atoms with E-state index in [1.54, 1.807) is 30.6 Å². The van der Waals surface area contributed by atoms with Crippen molar-refractivity contribution in [2.75, 3.05) is 0 Å². The Labute approximate surface area is 569 Å². The molecular weight excluding hydrogens is 1370 g/mol. The molecule has 4 aromatic heterocycles. The van der Waals surface area contributed by atoms with Gasteiger partial charge in [-0.2, -0.15) is 0 Å². The van der Waals surface area contributed by atoms with E-state index in [9.17, 15) is 0 Å². The van der Waals surface area contributed by atoms with Crippen LogP contribution >= 0.6 is 74.8 Å². The summed E-state index contributed by atoms with van der Waals surface area (Å²) in [5.41, 5.74) is 16.7. The first kappa shape index (κ1) is 68.3. The summed E-state index contributed by atoms with van der Waals surface area (Å²) in [5, 5.41) is 18.5. The Bertz CT molecular complexity index is 3920. The van der Waals surface area contributed by atoms with Crippen LogP contribution in [0.25, 0.3) is 101 Å². The maximum atomic E-state index is 8.65. The summed E-state index contributed by atoms with van der Waals surface area (Å²) in [6.45, 7) is 0. The van der Waals surface area contributed by atoms with Gasteiger partial charge in [-0.25, -0.2) is 19.9 Å². The summed E-state index contributed by atoms with van der Waals surface area (Å²) < 4.78 is 1.04. The van der Waals surface area contributed by atoms with Gasteiger partial charge in [0, 0.05) is 138 Å². The molecule has 18 heteroatoms. The summed E-state index contributed by atoms with van der Waals surface area (Å²) in [4.78, 5) is 28.1. The van der Waals surface area contributed by atoms with Gasteiger partial charge in [0.25, 0.3) is 0 Å². The predicted molar refractivity (Wildman–Crippen MR) is 361 cm³/mol. The van der Waals surface area contributed by atoms with Crippen LogP contribution in [0.5, 0.6) is 0 Å². The molecule has 8 aromatic carbocycles. The first-order chi connectivity index (χ1) is 40.2. The number of pyridine rings is 2. The van der Waals surface area contributed by atoms with Crippen molar-refractivity contribution in [3.8, 4) is 101 Å². The molecule has 0 saturated heterocycles. The number of hydrogen-bond acceptors (Lipinski definition) is 8. The van der Waals surface area contributed by atoms with Gasteiger partial charge in [-0.15, -0.1) is 35.7 Å². The van der Waals surface area contributed by atoms with Gasteiger partial charge in [0.15, 0.2) is 11.6 Å². The Morgan fingerprint density at radius 3 is 0.976 bits per heavy atom. The average Bonchev–Trinajstić information content (AvgIpc) is 3.38. The number of halogens is 3. The Kier molecular flexibility index (Phi) is 29.1. The SMILES string of the molecule is Brc1ccc(-c2cc(-c3ccc(-c4cccnc4)cc3)nc(-c3ccccc3)n2)cc1.Clc1cccc(-c2ccc(-c3cc(-c4ccc(-c5cccnc5)cc4)nc(-c4ccccc4)n3)cc2)c1.OB(O)c1cccc(Cl)c1.PP.PP.[Y].[Y]. The molecule has 4 unspecified atom stereocenters. The van der Waals surface area contributed by atoms with Gasteiger partial charge in [-0.3, -0.25) is 9.97 Å². The van der Waals surface area contributed by atoms with E-state index in [0.717, 1.165) is 99.0 Å². The third-order valence-electron chi connectivity index (χ3n) is 12.5. The molecule has 0 saturated carbocycles. The van der Waals surface area contributed by atoms with E-state index in [0.29, 0.717) is 22.1 Å². The van der Waals surface area contributed by atoms with Crippen LogP contribution in [0.2, 0.25) is 10.0 Å². The molecule has 12 aromatic rings. The van der Waals surface area contributed by atoms with Crippen molar-refractivity contribution in [2.45, 2.75) is 0 Å². The summed E-state index contributed by atoms with van der Waals surface area (Å²) in [7, 11) is 7.90. The van der Waals surface area contributed by atoms with Crippen LogP contribution in [0.4, 0.5) is 0 Å². The largest absolute Gasteiger partial charge is 0.488 e. The first-order valence-electron chi connectivity index (χ1n) is 25.5. The summed E-state index contributed by atoms with van der Waals surface area (Å²) >= 11 is 15.3. The summed E-state index contributed by atoms with van der Waals surface area (Å²) in [6, 6.07) is 80.1. The van der Waals surface area contributed by atoms with Crippen LogP contribution in [0.1, 0.15) is 0 Å². The average molecular weight is 1430 g/mol. The molecule has 0 amide bonds. The second-order valence-electron chi connectivity index (χ2n) is 17.8. The smallest absolute Gasteiger partial charge is 0.423 e. The molecule has 0 aliphatic carbocycles. The van der Waals surface area contributed by atoms with E-state index in [-0.39, 0.29) is 65.4 Å². The van der Waals surface area contributed by atoms with E-state index in [1.165, 1.54) is 6.07 Å². The van der Waals surface area contributed by atoms with E-state index in [2.05, 4.69) is 177 Å². The van der Waals surface area contributed by atoms with Crippen molar-refractivity contribution in [2.24, 2.45) is 0 Å². The van der Waals surface area contributed by atoms with Crippen LogP contribution in [0.3, 0.4) is 0 Å². The van der Waals surface area contributed by atoms with Crippen LogP contribution in [-0.4, -0.2) is 47.1 Å². The Morgan fingerprint density at radius 2 is 0.643 bits per heavy atom. The molecular formula is C66H54BBrCl2N6O2P4Y2. The zero-order valence-electron chi connectivity index (χ0n) is 45.2. The number of benzene rings is 8. The van der Waals surface area contributed by atoms with E-state index >= 15 is 0 Å². The molecule has 0 aliphatic rings. The molecule has 2 N–H and O–H groups in total. The Balaban J connectivity index is 0.000000218. The molecule has 0 bridgehead atoms. The summed E-state index contributed by atoms with van der Waals surface area (Å²) in [5.74, 6) is 1.41. The van der Waals surface area contributed by atoms with Crippen LogP contribution in [0.15, 0.2) is 272 Å². The molecule has 0 fully saturated rings. The van der Waals surface area contributed by atoms with E-state index in [1.807, 2.05) is 116 Å². The Hall–Kier alpha value is -4.81. The van der Waals surface area contributed by atoms with Gasteiger partial charge in [0.05, 0.1) is 22.8 Å². The second-order valence-corrected chi connectivity index (χ2v) is 19.6. The number of hydrogen-bond donors (Lipinski definition) is 2. The number of rotatable bonds is 10. The maximum absolute atomic E-state index is 8.65. The maximum Gasteiger partial charge on any atom is 0.488 e. The second kappa shape index (κ2) is 35.7. The molecule has 2 radical (unpaired) electrons. The molecule has 0 spiro atoms. The van der Waals surface area contributed by atoms with Crippen molar-refractivity contribution in [3.05, 3.63) is 282 Å². The zero-order chi connectivity index (χ0) is 57.6. The van der Waals surface area contributed by atoms with Gasteiger partial charge in [-0.1, -0.05) is 221 Å². The topological polar surface area (TPSA) is 118 Å². The van der Waals surface area contributed by atoms with E-state index in [4.69, 9.17) is 53.2 Å². The zero-order valence-corrected chi connectivity index (χ0v) is 58.5. The summed E-state index contributed by atoms with van der Waals surface area (Å²) in [6.07, 6.45) is 7.32. The minimum Gasteiger partial charge on any atom is -0.423 e. The van der Waals surface area contributed by atoms with Crippen LogP contribution in [0, 0.1) is 0 Å². The molecule has 4 heterocycles. The van der Waals surface area contributed by atoms with E-state index < -0.39 is 7.12 Å². The number of aromatic nitrogens is 6. The van der Waals surface area contributed by atoms with Crippen molar-refractivity contribution in [1.82, 2.24) is 29.9 Å². The standard InChI is InChI=1S/C33H22ClN3.C27H18BrN3.C6H6BClO2.2H4P2.2Y/c34-30-10-4-8-28(20-30)23-11-15-25(16-12-23)31-21-32(37-33(36-31)27-6-2-1-3-7-27)26-17-13-24(14-18-26)29-9-5-19-35-22-29;28-24-14-12-21(13-15-24)26-17-25(30-27(31-26)22-5-2-1-3-6-22)20-10-8-19(9-11-20)23-7-4-16-29-18-23;8-6-3-1-2-5(4-6)7(9)10;2*1-2;;/h1-22H;1-18H;1-4,9-10H;2*1-2H2;;. The Morgan fingerprint density at radius 1 is 0.321 bits per heavy atom. The minimum atomic E-state index is -1.43. The fourth-order valence-corrected chi connectivity index (χ4v) is 9.10. The van der Waals surface area contributed by atoms with Gasteiger partial charge >= 0.3 is 7.12 Å². The molecule has 84 heavy (non-hydrogen) atoms. The predicted octanol–water partition coefficient (Wildman–Crippen LogP) is 17.5. The molecule has 410 valence electrons. The van der Waals surface area contributed by atoms with Crippen molar-refractivity contribution < 1.29 is 75.5 Å². The van der Waals surface area contributed by atoms with Crippen molar-refractivity contribution >= 4 is 87.4 Å². The molecule has 4 atom stereocenters. The fourth-order valence-electron chi connectivity index (χ4n) is 8.44. The third-order valence-corrected chi connectivity index (χ3v) is 13.5. The monoisotopic (exact) mass is 1420 g/mol. The van der Waals surface area contributed by atoms with Crippen LogP contribution in [-0.2, 0) is 65.4 Å². The quantitative estimate of drug-likeness (QED) is 0.103. The molecule has 12 rings (SSSR count). The normalized spacial score (nSPS) is 10.0. The van der Waals surface area contributed by atoms with Crippen LogP contribution < -0.4 is 5.46 Å². The van der Waals surface area contributed by atoms with Gasteiger partial charge < -0.3 is 10.0 Å². The molecule has 8 nitrogen and oxygen atoms in total. The van der Waals surface area contributed by atoms with Gasteiger partial charge in [0.2, 0.25) is 0 Å². The number of nitrogens with zero attached hydrogens (tertiary/aromatic N) is 6. The molecule has 0 aliphatic heterocycles. The van der Waals surface area contributed by atoms with Crippen molar-refractivity contribution in [1.29, 1.82) is 0 Å².